The van der Waals surface area contributed by atoms with E-state index in [1.807, 2.05) is 0 Å². The Morgan fingerprint density at radius 2 is 1.43 bits per heavy atom. The number of unbranched alkanes of at least 4 members (excludes halogenated alkanes) is 5. The Bertz CT molecular complexity index is 79.4. The van der Waals surface area contributed by atoms with Gasteiger partial charge in [-0.1, -0.05) is 55.0 Å². The van der Waals surface area contributed by atoms with Crippen LogP contribution in [0.15, 0.2) is 0 Å². The van der Waals surface area contributed by atoms with Crippen LogP contribution < -0.4 is 5.32 Å². The number of alkyl halides is 1. The van der Waals surface area contributed by atoms with Gasteiger partial charge < -0.3 is 5.32 Å². The van der Waals surface area contributed by atoms with Crippen LogP contribution in [0.2, 0.25) is 0 Å². The van der Waals surface area contributed by atoms with Gasteiger partial charge in [0.2, 0.25) is 0 Å². The van der Waals surface area contributed by atoms with Crippen molar-refractivity contribution < 1.29 is 0 Å². The predicted molar refractivity (Wildman–Crippen MR) is 75.0 cm³/mol. The molecule has 1 N–H and O–H groups in total. The summed E-state index contributed by atoms with van der Waals surface area (Å²) in [6, 6.07) is 0. The van der Waals surface area contributed by atoms with Crippen LogP contribution >= 0.6 is 32.9 Å². The van der Waals surface area contributed by atoms with E-state index in [4.69, 9.17) is 0 Å². The van der Waals surface area contributed by atoms with Crippen molar-refractivity contribution in [3.05, 3.63) is 0 Å². The highest BCUT2D eigenvalue weighted by molar-refractivity contribution is 9.09. The highest BCUT2D eigenvalue weighted by atomic mass is 79.9. The third-order valence-corrected chi connectivity index (χ3v) is 2.76. The number of rotatable bonds is 10. The Hall–Kier alpha value is 0.920. The Morgan fingerprint density at radius 1 is 0.857 bits per heavy atom. The molecule has 0 fully saturated rings. The topological polar surface area (TPSA) is 12.0 Å². The van der Waals surface area contributed by atoms with E-state index >= 15 is 0 Å². The fraction of sp³-hybridized carbons (Fsp3) is 1.00. The lowest BCUT2D eigenvalue weighted by molar-refractivity contribution is 0.571. The van der Waals surface area contributed by atoms with Crippen molar-refractivity contribution in [1.82, 2.24) is 5.32 Å². The van der Waals surface area contributed by atoms with Crippen LogP contribution in [0.3, 0.4) is 0 Å². The van der Waals surface area contributed by atoms with E-state index in [1.54, 1.807) is 0 Å². The molecule has 0 atom stereocenters. The summed E-state index contributed by atoms with van der Waals surface area (Å²) >= 11 is 3.42. The van der Waals surface area contributed by atoms with Crippen LogP contribution in [-0.2, 0) is 0 Å². The van der Waals surface area contributed by atoms with Gasteiger partial charge in [-0.05, 0) is 25.9 Å². The first-order chi connectivity index (χ1) is 6.41. The SMILES string of the molecule is Br.CCCCCCCCNCCCBr. The predicted octanol–water partition coefficient (Wildman–Crippen LogP) is 4.30. The maximum Gasteiger partial charge on any atom is 0.00433 e. The molecule has 0 heterocycles. The molecular formula is C11H25Br2N. The molecule has 0 saturated heterocycles. The van der Waals surface area contributed by atoms with Crippen molar-refractivity contribution in [2.24, 2.45) is 0 Å². The van der Waals surface area contributed by atoms with Crippen LogP contribution in [0.1, 0.15) is 51.9 Å². The van der Waals surface area contributed by atoms with E-state index in [0.717, 1.165) is 5.33 Å². The monoisotopic (exact) mass is 329 g/mol. The lowest BCUT2D eigenvalue weighted by Crippen LogP contribution is -2.16. The molecule has 0 aliphatic rings. The summed E-state index contributed by atoms with van der Waals surface area (Å²) in [5.74, 6) is 0. The first-order valence-electron chi connectivity index (χ1n) is 5.68. The van der Waals surface area contributed by atoms with Crippen LogP contribution in [-0.4, -0.2) is 18.4 Å². The standard InChI is InChI=1S/C11H24BrN.BrH/c1-2-3-4-5-6-7-10-13-11-8-9-12;/h13H,2-11H2,1H3;1H. The molecule has 0 bridgehead atoms. The van der Waals surface area contributed by atoms with E-state index < -0.39 is 0 Å². The van der Waals surface area contributed by atoms with Crippen molar-refractivity contribution in [1.29, 1.82) is 0 Å². The first kappa shape index (κ1) is 17.3. The van der Waals surface area contributed by atoms with Crippen molar-refractivity contribution in [2.45, 2.75) is 51.9 Å². The Morgan fingerprint density at radius 3 is 2.07 bits per heavy atom. The lowest BCUT2D eigenvalue weighted by Gasteiger charge is -2.02. The van der Waals surface area contributed by atoms with Gasteiger partial charge in [0.15, 0.2) is 0 Å². The zero-order valence-electron chi connectivity index (χ0n) is 9.36. The molecule has 0 spiro atoms. The Balaban J connectivity index is 0. The zero-order chi connectivity index (χ0) is 9.78. The second-order valence-corrected chi connectivity index (χ2v) is 4.35. The largest absolute Gasteiger partial charge is 0.317 e. The van der Waals surface area contributed by atoms with E-state index in [2.05, 4.69) is 28.2 Å². The minimum absolute atomic E-state index is 0. The first-order valence-corrected chi connectivity index (χ1v) is 6.80. The summed E-state index contributed by atoms with van der Waals surface area (Å²) in [6.07, 6.45) is 9.62. The van der Waals surface area contributed by atoms with Gasteiger partial charge in [0.05, 0.1) is 0 Å². The molecule has 0 radical (unpaired) electrons. The molecule has 0 aromatic rings. The third-order valence-electron chi connectivity index (χ3n) is 2.19. The fourth-order valence-corrected chi connectivity index (χ4v) is 1.63. The van der Waals surface area contributed by atoms with Gasteiger partial charge >= 0.3 is 0 Å². The normalized spacial score (nSPS) is 9.86. The molecule has 3 heteroatoms. The molecule has 0 saturated carbocycles. The zero-order valence-corrected chi connectivity index (χ0v) is 12.7. The van der Waals surface area contributed by atoms with Gasteiger partial charge in [0.1, 0.15) is 0 Å². The summed E-state index contributed by atoms with van der Waals surface area (Å²) in [5.41, 5.74) is 0. The van der Waals surface area contributed by atoms with Gasteiger partial charge in [-0.3, -0.25) is 0 Å². The maximum absolute atomic E-state index is 3.45. The third kappa shape index (κ3) is 15.4. The maximum atomic E-state index is 3.45. The van der Waals surface area contributed by atoms with Gasteiger partial charge in [0.25, 0.3) is 0 Å². The molecule has 0 aliphatic carbocycles. The van der Waals surface area contributed by atoms with Crippen LogP contribution in [0.25, 0.3) is 0 Å². The van der Waals surface area contributed by atoms with Crippen LogP contribution in [0.4, 0.5) is 0 Å². The number of halogens is 2. The number of hydrogen-bond acceptors (Lipinski definition) is 1. The molecule has 0 aromatic carbocycles. The average Bonchev–Trinajstić information content (AvgIpc) is 2.16. The summed E-state index contributed by atoms with van der Waals surface area (Å²) in [6.45, 7) is 4.64. The molecule has 88 valence electrons. The molecule has 0 unspecified atom stereocenters. The van der Waals surface area contributed by atoms with Crippen molar-refractivity contribution in [2.75, 3.05) is 18.4 Å². The second kappa shape index (κ2) is 16.4. The lowest BCUT2D eigenvalue weighted by atomic mass is 10.1. The van der Waals surface area contributed by atoms with Crippen LogP contribution in [0, 0.1) is 0 Å². The Labute approximate surface area is 108 Å². The minimum atomic E-state index is 0. The molecule has 14 heavy (non-hydrogen) atoms. The van der Waals surface area contributed by atoms with Crippen molar-refractivity contribution in [3.63, 3.8) is 0 Å². The summed E-state index contributed by atoms with van der Waals surface area (Å²) < 4.78 is 0. The molecule has 0 rings (SSSR count). The fourth-order valence-electron chi connectivity index (χ4n) is 1.35. The summed E-state index contributed by atoms with van der Waals surface area (Å²) in [7, 11) is 0. The van der Waals surface area contributed by atoms with Gasteiger partial charge in [0, 0.05) is 5.33 Å². The van der Waals surface area contributed by atoms with Gasteiger partial charge in [-0.25, -0.2) is 0 Å². The molecule has 0 aliphatic heterocycles. The summed E-state index contributed by atoms with van der Waals surface area (Å²) in [4.78, 5) is 0. The highest BCUT2D eigenvalue weighted by Gasteiger charge is 1.89. The Kier molecular flexibility index (Phi) is 20.2. The number of nitrogens with one attached hydrogen (secondary N) is 1. The molecule has 0 amide bonds. The van der Waals surface area contributed by atoms with E-state index in [1.165, 1.54) is 58.0 Å². The summed E-state index contributed by atoms with van der Waals surface area (Å²) in [5, 5.41) is 4.57. The van der Waals surface area contributed by atoms with E-state index in [0.29, 0.717) is 0 Å². The van der Waals surface area contributed by atoms with Gasteiger partial charge in [-0.2, -0.15) is 0 Å². The molecule has 1 nitrogen and oxygen atoms in total. The van der Waals surface area contributed by atoms with E-state index in [9.17, 15) is 0 Å². The van der Waals surface area contributed by atoms with Crippen LogP contribution in [0.5, 0.6) is 0 Å². The second-order valence-electron chi connectivity index (χ2n) is 3.56. The quantitative estimate of drug-likeness (QED) is 0.465. The van der Waals surface area contributed by atoms with Gasteiger partial charge in [-0.15, -0.1) is 17.0 Å². The average molecular weight is 331 g/mol. The minimum Gasteiger partial charge on any atom is -0.317 e. The van der Waals surface area contributed by atoms with Crippen molar-refractivity contribution >= 4 is 32.9 Å². The molecule has 0 aromatic heterocycles. The highest BCUT2D eigenvalue weighted by Crippen LogP contribution is 2.03. The van der Waals surface area contributed by atoms with Crippen molar-refractivity contribution in [3.8, 4) is 0 Å². The van der Waals surface area contributed by atoms with E-state index in [-0.39, 0.29) is 17.0 Å². The molecular weight excluding hydrogens is 306 g/mol. The smallest absolute Gasteiger partial charge is 0.00433 e. The number of hydrogen-bond donors (Lipinski definition) is 1.